The smallest absolute Gasteiger partial charge is 0.335 e. The second-order valence-electron chi connectivity index (χ2n) is 4.12. The quantitative estimate of drug-likeness (QED) is 0.633. The number of pyridine rings is 1. The van der Waals surface area contributed by atoms with E-state index in [1.54, 1.807) is 19.2 Å². The second-order valence-corrected chi connectivity index (χ2v) is 4.89. The Morgan fingerprint density at radius 2 is 2.22 bits per heavy atom. The van der Waals surface area contributed by atoms with Crippen LogP contribution in [-0.2, 0) is 16.1 Å². The fraction of sp³-hybridized carbons (Fsp3) is 0.333. The van der Waals surface area contributed by atoms with E-state index in [-0.39, 0.29) is 11.1 Å². The van der Waals surface area contributed by atoms with Gasteiger partial charge in [0, 0.05) is 19.8 Å². The van der Waals surface area contributed by atoms with Gasteiger partial charge in [0.15, 0.2) is 0 Å². The average molecular weight is 287 g/mol. The van der Waals surface area contributed by atoms with Crippen LogP contribution in [0.5, 0.6) is 0 Å². The van der Waals surface area contributed by atoms with Gasteiger partial charge in [0.05, 0.1) is 16.3 Å². The van der Waals surface area contributed by atoms with Gasteiger partial charge in [0.2, 0.25) is 0 Å². The molecule has 2 heterocycles. The number of esters is 1. The minimum absolute atomic E-state index is 0.260. The molecule has 0 N–H and O–H groups in total. The van der Waals surface area contributed by atoms with Crippen LogP contribution in [-0.4, -0.2) is 29.5 Å². The highest BCUT2D eigenvalue weighted by molar-refractivity contribution is 6.41. The molecule has 18 heavy (non-hydrogen) atoms. The van der Waals surface area contributed by atoms with Gasteiger partial charge in [-0.2, -0.15) is 0 Å². The van der Waals surface area contributed by atoms with E-state index in [4.69, 9.17) is 27.9 Å². The first-order chi connectivity index (χ1) is 8.49. The Morgan fingerprint density at radius 1 is 1.50 bits per heavy atom. The Hall–Kier alpha value is -1.26. The Labute approximate surface area is 115 Å². The number of rotatable bonds is 3. The number of carbonyl (C=O) groups is 1. The van der Waals surface area contributed by atoms with Crippen molar-refractivity contribution >= 4 is 29.2 Å². The molecule has 0 unspecified atom stereocenters. The lowest BCUT2D eigenvalue weighted by molar-refractivity contribution is -0.136. The highest BCUT2D eigenvalue weighted by Gasteiger charge is 2.23. The van der Waals surface area contributed by atoms with E-state index in [1.807, 2.05) is 11.9 Å². The van der Waals surface area contributed by atoms with Crippen LogP contribution in [0.3, 0.4) is 0 Å². The summed E-state index contributed by atoms with van der Waals surface area (Å²) in [4.78, 5) is 17.2. The van der Waals surface area contributed by atoms with Crippen molar-refractivity contribution in [1.29, 1.82) is 0 Å². The molecule has 1 aliphatic heterocycles. The van der Waals surface area contributed by atoms with Crippen LogP contribution in [0.4, 0.5) is 0 Å². The number of likely N-dealkylation sites (N-methyl/N-ethyl adjacent to an activating group) is 1. The number of hydrogen-bond donors (Lipinski definition) is 0. The molecule has 0 saturated carbocycles. The summed E-state index contributed by atoms with van der Waals surface area (Å²) < 4.78 is 4.96. The number of carbonyl (C=O) groups excluding carboxylic acids is 1. The van der Waals surface area contributed by atoms with Gasteiger partial charge in [-0.25, -0.2) is 9.78 Å². The van der Waals surface area contributed by atoms with Crippen molar-refractivity contribution in [2.75, 3.05) is 13.7 Å². The lowest BCUT2D eigenvalue weighted by Gasteiger charge is -2.20. The van der Waals surface area contributed by atoms with Crippen LogP contribution in [0.15, 0.2) is 23.5 Å². The molecule has 0 fully saturated rings. The Bertz CT molecular complexity index is 529. The number of nitrogens with zero attached hydrogens (tertiary/aromatic N) is 2. The molecule has 0 aliphatic carbocycles. The predicted molar refractivity (Wildman–Crippen MR) is 69.4 cm³/mol. The lowest BCUT2D eigenvalue weighted by Crippen LogP contribution is -2.19. The average Bonchev–Trinajstić information content (AvgIpc) is 2.65. The van der Waals surface area contributed by atoms with Crippen molar-refractivity contribution in [2.24, 2.45) is 0 Å². The summed E-state index contributed by atoms with van der Waals surface area (Å²) in [6.45, 7) is 2.66. The summed E-state index contributed by atoms with van der Waals surface area (Å²) in [6, 6.07) is 1.76. The molecule has 0 atom stereocenters. The van der Waals surface area contributed by atoms with Crippen LogP contribution < -0.4 is 0 Å². The second kappa shape index (κ2) is 5.16. The normalized spacial score (nSPS) is 15.0. The van der Waals surface area contributed by atoms with Crippen molar-refractivity contribution in [2.45, 2.75) is 13.5 Å². The summed E-state index contributed by atoms with van der Waals surface area (Å²) in [5.41, 5.74) is 2.45. The van der Waals surface area contributed by atoms with Gasteiger partial charge < -0.3 is 9.64 Å². The molecule has 0 amide bonds. The molecule has 2 rings (SSSR count). The zero-order valence-electron chi connectivity index (χ0n) is 10.0. The third kappa shape index (κ3) is 2.60. The van der Waals surface area contributed by atoms with E-state index in [0.29, 0.717) is 23.7 Å². The topological polar surface area (TPSA) is 42.4 Å². The van der Waals surface area contributed by atoms with Gasteiger partial charge in [-0.15, -0.1) is 0 Å². The van der Waals surface area contributed by atoms with E-state index in [2.05, 4.69) is 4.98 Å². The van der Waals surface area contributed by atoms with Gasteiger partial charge in [-0.05, 0) is 18.6 Å². The molecule has 1 aliphatic rings. The van der Waals surface area contributed by atoms with Crippen LogP contribution in [0, 0.1) is 0 Å². The van der Waals surface area contributed by atoms with Crippen LogP contribution in [0.2, 0.25) is 10.2 Å². The molecule has 0 aromatic carbocycles. The molecule has 0 saturated heterocycles. The standard InChI is InChI=1S/C12H12Cl2N2O2/c1-7-10(6-18-12(7)17)16(2)5-8-3-9(13)11(14)15-4-8/h3-4H,5-6H2,1-2H3. The Morgan fingerprint density at radius 3 is 2.78 bits per heavy atom. The Kier molecular flexibility index (Phi) is 3.78. The third-order valence-corrected chi connectivity index (χ3v) is 3.50. The van der Waals surface area contributed by atoms with Crippen LogP contribution in [0.1, 0.15) is 12.5 Å². The first-order valence-corrected chi connectivity index (χ1v) is 6.12. The van der Waals surface area contributed by atoms with Crippen molar-refractivity contribution in [3.8, 4) is 0 Å². The van der Waals surface area contributed by atoms with E-state index < -0.39 is 0 Å². The zero-order valence-corrected chi connectivity index (χ0v) is 11.5. The van der Waals surface area contributed by atoms with Crippen molar-refractivity contribution in [3.63, 3.8) is 0 Å². The summed E-state index contributed by atoms with van der Waals surface area (Å²) in [7, 11) is 1.89. The number of cyclic esters (lactones) is 1. The van der Waals surface area contributed by atoms with Crippen LogP contribution >= 0.6 is 23.2 Å². The SMILES string of the molecule is CC1=C(N(C)Cc2cnc(Cl)c(Cl)c2)COC1=O. The number of aromatic nitrogens is 1. The molecule has 1 aromatic heterocycles. The number of hydrogen-bond acceptors (Lipinski definition) is 4. The summed E-state index contributed by atoms with van der Waals surface area (Å²) in [5.74, 6) is -0.260. The van der Waals surface area contributed by atoms with Crippen molar-refractivity contribution in [1.82, 2.24) is 9.88 Å². The first kappa shape index (κ1) is 13.2. The molecule has 1 aromatic rings. The molecule has 0 spiro atoms. The minimum atomic E-state index is -0.260. The largest absolute Gasteiger partial charge is 0.456 e. The van der Waals surface area contributed by atoms with E-state index >= 15 is 0 Å². The molecule has 4 nitrogen and oxygen atoms in total. The van der Waals surface area contributed by atoms with Gasteiger partial charge in [0.25, 0.3) is 0 Å². The maximum absolute atomic E-state index is 11.3. The van der Waals surface area contributed by atoms with Gasteiger partial charge >= 0.3 is 5.97 Å². The first-order valence-electron chi connectivity index (χ1n) is 5.37. The highest BCUT2D eigenvalue weighted by Crippen LogP contribution is 2.23. The summed E-state index contributed by atoms with van der Waals surface area (Å²) in [5, 5.41) is 0.713. The van der Waals surface area contributed by atoms with Crippen LogP contribution in [0.25, 0.3) is 0 Å². The molecule has 6 heteroatoms. The molecule has 0 radical (unpaired) electrons. The number of ether oxygens (including phenoxy) is 1. The predicted octanol–water partition coefficient (Wildman–Crippen LogP) is 2.65. The lowest BCUT2D eigenvalue weighted by atomic mass is 10.2. The maximum Gasteiger partial charge on any atom is 0.335 e. The third-order valence-electron chi connectivity index (χ3n) is 2.81. The van der Waals surface area contributed by atoms with Gasteiger partial charge in [-0.1, -0.05) is 23.2 Å². The summed E-state index contributed by atoms with van der Waals surface area (Å²) >= 11 is 11.7. The molecular formula is C12H12Cl2N2O2. The molecular weight excluding hydrogens is 275 g/mol. The van der Waals surface area contributed by atoms with Crippen molar-refractivity contribution in [3.05, 3.63) is 39.3 Å². The van der Waals surface area contributed by atoms with E-state index in [9.17, 15) is 4.79 Å². The van der Waals surface area contributed by atoms with Gasteiger partial charge in [-0.3, -0.25) is 0 Å². The van der Waals surface area contributed by atoms with Crippen molar-refractivity contribution < 1.29 is 9.53 Å². The summed E-state index contributed by atoms with van der Waals surface area (Å²) in [6.07, 6.45) is 1.66. The maximum atomic E-state index is 11.3. The fourth-order valence-electron chi connectivity index (χ4n) is 1.78. The minimum Gasteiger partial charge on any atom is -0.456 e. The van der Waals surface area contributed by atoms with E-state index in [1.165, 1.54) is 0 Å². The number of halogens is 2. The Balaban J connectivity index is 2.14. The fourth-order valence-corrected chi connectivity index (χ4v) is 2.07. The zero-order chi connectivity index (χ0) is 13.3. The molecule has 0 bridgehead atoms. The monoisotopic (exact) mass is 286 g/mol. The van der Waals surface area contributed by atoms with Gasteiger partial charge in [0.1, 0.15) is 11.8 Å². The van der Waals surface area contributed by atoms with E-state index in [0.717, 1.165) is 11.3 Å². The highest BCUT2D eigenvalue weighted by atomic mass is 35.5. The molecule has 96 valence electrons.